The van der Waals surface area contributed by atoms with Crippen molar-refractivity contribution in [1.82, 2.24) is 0 Å². The number of hydrogen-bond donors (Lipinski definition) is 10. The van der Waals surface area contributed by atoms with Crippen molar-refractivity contribution in [3.8, 4) is 40.1 Å². The quantitative estimate of drug-likeness (QED) is 0.140. The van der Waals surface area contributed by atoms with Gasteiger partial charge in [0.25, 0.3) is 0 Å². The van der Waals surface area contributed by atoms with Gasteiger partial charge in [0, 0.05) is 17.7 Å². The lowest BCUT2D eigenvalue weighted by Crippen LogP contribution is -2.61. The Balaban J connectivity index is 1.48. The van der Waals surface area contributed by atoms with Crippen LogP contribution < -0.4 is 10.2 Å². The molecule has 0 aliphatic carbocycles. The minimum Gasteiger partial charge on any atom is -0.508 e. The van der Waals surface area contributed by atoms with Crippen molar-refractivity contribution < 1.29 is 74.4 Å². The van der Waals surface area contributed by atoms with Crippen LogP contribution in [0.5, 0.6) is 28.7 Å². The highest BCUT2D eigenvalue weighted by Gasteiger charge is 2.47. The molecule has 2 aromatic carbocycles. The lowest BCUT2D eigenvalue weighted by molar-refractivity contribution is -0.318. The summed E-state index contributed by atoms with van der Waals surface area (Å²) in [6.45, 7) is 0.818. The smallest absolute Gasteiger partial charge is 0.239 e. The van der Waals surface area contributed by atoms with E-state index in [1.165, 1.54) is 13.0 Å². The third-order valence-electron chi connectivity index (χ3n) is 7.29. The second-order valence-electron chi connectivity index (χ2n) is 10.3. The molecule has 8 unspecified atom stereocenters. The molecular formula is C27H30O16. The van der Waals surface area contributed by atoms with Crippen LogP contribution in [0.15, 0.2) is 39.5 Å². The first kappa shape index (κ1) is 30.7. The van der Waals surface area contributed by atoms with E-state index in [9.17, 15) is 55.9 Å². The van der Waals surface area contributed by atoms with Gasteiger partial charge in [-0.25, -0.2) is 0 Å². The highest BCUT2D eigenvalue weighted by Crippen LogP contribution is 2.39. The van der Waals surface area contributed by atoms with Crippen molar-refractivity contribution in [3.05, 3.63) is 40.6 Å². The molecule has 16 nitrogen and oxygen atoms in total. The molecule has 2 saturated heterocycles. The summed E-state index contributed by atoms with van der Waals surface area (Å²) in [4.78, 5) is 13.6. The summed E-state index contributed by atoms with van der Waals surface area (Å²) in [6, 6.07) is 5.24. The zero-order valence-electron chi connectivity index (χ0n) is 22.3. The number of phenols is 4. The molecule has 234 valence electrons. The van der Waals surface area contributed by atoms with Gasteiger partial charge in [0.15, 0.2) is 23.5 Å². The van der Waals surface area contributed by atoms with Gasteiger partial charge in [-0.1, -0.05) is 0 Å². The van der Waals surface area contributed by atoms with Gasteiger partial charge in [-0.3, -0.25) is 4.79 Å². The van der Waals surface area contributed by atoms with Crippen LogP contribution >= 0.6 is 0 Å². The van der Waals surface area contributed by atoms with Gasteiger partial charge in [0.05, 0.1) is 12.7 Å². The van der Waals surface area contributed by atoms with Crippen molar-refractivity contribution >= 4 is 11.0 Å². The first-order chi connectivity index (χ1) is 20.3. The fourth-order valence-electron chi connectivity index (χ4n) is 4.84. The summed E-state index contributed by atoms with van der Waals surface area (Å²) >= 11 is 0. The third-order valence-corrected chi connectivity index (χ3v) is 7.29. The highest BCUT2D eigenvalue weighted by atomic mass is 16.7. The van der Waals surface area contributed by atoms with Crippen molar-refractivity contribution in [2.45, 2.75) is 68.3 Å². The Bertz CT molecular complexity index is 1540. The molecule has 16 heteroatoms. The van der Waals surface area contributed by atoms with Crippen LogP contribution in [0.3, 0.4) is 0 Å². The van der Waals surface area contributed by atoms with E-state index in [1.807, 2.05) is 0 Å². The van der Waals surface area contributed by atoms with Crippen molar-refractivity contribution in [2.75, 3.05) is 6.61 Å². The number of aliphatic hydroxyl groups is 6. The number of aromatic hydroxyl groups is 4. The molecule has 1 aromatic heterocycles. The van der Waals surface area contributed by atoms with Crippen LogP contribution in [0.25, 0.3) is 22.3 Å². The second kappa shape index (κ2) is 11.8. The number of ether oxygens (including phenoxy) is 4. The zero-order valence-corrected chi connectivity index (χ0v) is 22.3. The lowest BCUT2D eigenvalue weighted by atomic mass is 9.98. The van der Waals surface area contributed by atoms with Crippen molar-refractivity contribution in [1.29, 1.82) is 0 Å². The zero-order chi connectivity index (χ0) is 31.3. The van der Waals surface area contributed by atoms with Crippen molar-refractivity contribution in [3.63, 3.8) is 0 Å². The maximum Gasteiger partial charge on any atom is 0.239 e. The molecule has 0 spiro atoms. The standard InChI is InChI=1S/C27H30O16/c1-8-17(32)20(35)22(37)26(40-8)39-7-15-18(33)21(36)23(38)27(42-15)43-25-19(34)16-13(31)5-10(28)6-14(16)41-24(25)9-2-3-11(29)12(30)4-9/h2-6,8,15,17-18,20-23,26-33,35-38H,7H2,1H3/t8?,15?,17?,18?,20?,21?,22-,23?,26+,27?/m1/s1. The molecule has 5 rings (SSSR count). The molecule has 3 aromatic rings. The van der Waals surface area contributed by atoms with Gasteiger partial charge >= 0.3 is 0 Å². The predicted octanol–water partition coefficient (Wildman–Crippen LogP) is -1.69. The number of fused-ring (bicyclic) bond motifs is 1. The van der Waals surface area contributed by atoms with Gasteiger partial charge in [-0.15, -0.1) is 0 Å². The summed E-state index contributed by atoms with van der Waals surface area (Å²) in [7, 11) is 0. The van der Waals surface area contributed by atoms with E-state index in [-0.39, 0.29) is 11.1 Å². The Kier molecular flexibility index (Phi) is 8.41. The predicted molar refractivity (Wildman–Crippen MR) is 140 cm³/mol. The van der Waals surface area contributed by atoms with Gasteiger partial charge in [0.2, 0.25) is 17.5 Å². The Morgan fingerprint density at radius 2 is 1.42 bits per heavy atom. The lowest BCUT2D eigenvalue weighted by Gasteiger charge is -2.42. The minimum absolute atomic E-state index is 0.0313. The Hall–Kier alpha value is -3.71. The van der Waals surface area contributed by atoms with Crippen LogP contribution in [-0.2, 0) is 14.2 Å². The van der Waals surface area contributed by atoms with Crippen LogP contribution in [0.4, 0.5) is 0 Å². The number of hydrogen-bond acceptors (Lipinski definition) is 16. The molecule has 10 atom stereocenters. The van der Waals surface area contributed by atoms with Gasteiger partial charge < -0.3 is 74.4 Å². The maximum atomic E-state index is 13.6. The summed E-state index contributed by atoms with van der Waals surface area (Å²) in [6.07, 6.45) is -16.2. The highest BCUT2D eigenvalue weighted by molar-refractivity contribution is 5.88. The van der Waals surface area contributed by atoms with Crippen LogP contribution in [0.2, 0.25) is 0 Å². The van der Waals surface area contributed by atoms with Gasteiger partial charge in [-0.05, 0) is 25.1 Å². The average molecular weight is 611 g/mol. The Morgan fingerprint density at radius 3 is 2.12 bits per heavy atom. The van der Waals surface area contributed by atoms with Crippen LogP contribution in [0.1, 0.15) is 6.92 Å². The molecule has 0 saturated carbocycles. The van der Waals surface area contributed by atoms with E-state index in [0.29, 0.717) is 0 Å². The first-order valence-corrected chi connectivity index (χ1v) is 13.0. The topological polar surface area (TPSA) is 269 Å². The summed E-state index contributed by atoms with van der Waals surface area (Å²) in [5, 5.41) is 101. The number of benzene rings is 2. The van der Waals surface area contributed by atoms with Gasteiger partial charge in [0.1, 0.15) is 65.2 Å². The average Bonchev–Trinajstić information content (AvgIpc) is 2.96. The molecule has 0 bridgehead atoms. The van der Waals surface area contributed by atoms with Crippen LogP contribution in [-0.4, -0.2) is 119 Å². The molecule has 0 radical (unpaired) electrons. The largest absolute Gasteiger partial charge is 0.508 e. The van der Waals surface area contributed by atoms with E-state index in [0.717, 1.165) is 24.3 Å². The molecule has 2 aliphatic heterocycles. The van der Waals surface area contributed by atoms with E-state index >= 15 is 0 Å². The normalized spacial score (nSPS) is 33.0. The fourth-order valence-corrected chi connectivity index (χ4v) is 4.84. The summed E-state index contributed by atoms with van der Waals surface area (Å²) < 4.78 is 27.8. The Morgan fingerprint density at radius 1 is 0.744 bits per heavy atom. The van der Waals surface area contributed by atoms with E-state index in [2.05, 4.69) is 0 Å². The number of aliphatic hydroxyl groups excluding tert-OH is 6. The fraction of sp³-hybridized carbons (Fsp3) is 0.444. The maximum absolute atomic E-state index is 13.6. The Labute approximate surface area is 241 Å². The van der Waals surface area contributed by atoms with E-state index in [4.69, 9.17) is 23.4 Å². The molecule has 2 fully saturated rings. The number of rotatable bonds is 6. The number of phenolic OH excluding ortho intramolecular Hbond substituents is 4. The van der Waals surface area contributed by atoms with E-state index in [1.54, 1.807) is 0 Å². The van der Waals surface area contributed by atoms with Crippen LogP contribution in [0, 0.1) is 0 Å². The molecular weight excluding hydrogens is 580 g/mol. The van der Waals surface area contributed by atoms with Crippen molar-refractivity contribution in [2.24, 2.45) is 0 Å². The van der Waals surface area contributed by atoms with E-state index < -0.39 is 113 Å². The van der Waals surface area contributed by atoms with Gasteiger partial charge in [-0.2, -0.15) is 0 Å². The molecule has 2 aliphatic rings. The summed E-state index contributed by atoms with van der Waals surface area (Å²) in [5.41, 5.74) is -1.35. The molecule has 0 amide bonds. The minimum atomic E-state index is -1.97. The SMILES string of the molecule is CC1O[C@H](OCC2OC(Oc3c(-c4ccc(O)c(O)c4)oc4cc(O)cc(O)c4c3=O)C(O)C(O)C2O)[C@H](O)C(O)C1O. The molecule has 43 heavy (non-hydrogen) atoms. The molecule has 3 heterocycles. The third kappa shape index (κ3) is 5.67. The summed E-state index contributed by atoms with van der Waals surface area (Å²) in [5.74, 6) is -3.33. The monoisotopic (exact) mass is 610 g/mol. The molecule has 10 N–H and O–H groups in total. The first-order valence-electron chi connectivity index (χ1n) is 13.0. The second-order valence-corrected chi connectivity index (χ2v) is 10.3.